The number of rotatable bonds is 2. The SMILES string of the molecule is N#Cc1cc2c(n(Cc3ccsc3)c1=O)CCC2. The van der Waals surface area contributed by atoms with Crippen LogP contribution in [0.2, 0.25) is 0 Å². The fourth-order valence-corrected chi connectivity index (χ4v) is 3.19. The van der Waals surface area contributed by atoms with Crippen LogP contribution >= 0.6 is 11.3 Å². The van der Waals surface area contributed by atoms with E-state index in [4.69, 9.17) is 5.26 Å². The summed E-state index contributed by atoms with van der Waals surface area (Å²) in [5.74, 6) is 0. The van der Waals surface area contributed by atoms with E-state index in [0.29, 0.717) is 6.54 Å². The van der Waals surface area contributed by atoms with Crippen molar-refractivity contribution in [1.29, 1.82) is 5.26 Å². The van der Waals surface area contributed by atoms with E-state index in [0.717, 1.165) is 30.5 Å². The highest BCUT2D eigenvalue weighted by Crippen LogP contribution is 2.22. The minimum absolute atomic E-state index is 0.149. The Morgan fingerprint density at radius 2 is 2.33 bits per heavy atom. The van der Waals surface area contributed by atoms with E-state index >= 15 is 0 Å². The van der Waals surface area contributed by atoms with Gasteiger partial charge in [0.05, 0.1) is 6.54 Å². The monoisotopic (exact) mass is 256 g/mol. The zero-order valence-corrected chi connectivity index (χ0v) is 10.7. The van der Waals surface area contributed by atoms with Crippen molar-refractivity contribution < 1.29 is 0 Å². The molecule has 1 aliphatic carbocycles. The summed E-state index contributed by atoms with van der Waals surface area (Å²) in [5, 5.41) is 13.1. The Balaban J connectivity index is 2.16. The fourth-order valence-electron chi connectivity index (χ4n) is 2.53. The quantitative estimate of drug-likeness (QED) is 0.827. The second kappa shape index (κ2) is 4.43. The third kappa shape index (κ3) is 1.77. The molecule has 0 atom stereocenters. The molecule has 0 bridgehead atoms. The van der Waals surface area contributed by atoms with Gasteiger partial charge in [0.15, 0.2) is 0 Å². The maximum atomic E-state index is 12.2. The van der Waals surface area contributed by atoms with Crippen molar-refractivity contribution in [1.82, 2.24) is 4.57 Å². The van der Waals surface area contributed by atoms with Gasteiger partial charge in [-0.3, -0.25) is 4.79 Å². The summed E-state index contributed by atoms with van der Waals surface area (Å²) in [7, 11) is 0. The van der Waals surface area contributed by atoms with Gasteiger partial charge in [0.25, 0.3) is 5.56 Å². The molecule has 0 spiro atoms. The molecule has 2 aromatic rings. The number of hydrogen-bond acceptors (Lipinski definition) is 3. The zero-order valence-electron chi connectivity index (χ0n) is 9.85. The number of fused-ring (bicyclic) bond motifs is 1. The van der Waals surface area contributed by atoms with E-state index in [9.17, 15) is 4.79 Å². The second-order valence-electron chi connectivity index (χ2n) is 4.52. The maximum Gasteiger partial charge on any atom is 0.268 e. The summed E-state index contributed by atoms with van der Waals surface area (Å²) >= 11 is 1.63. The van der Waals surface area contributed by atoms with Gasteiger partial charge in [-0.1, -0.05) is 0 Å². The summed E-state index contributed by atoms with van der Waals surface area (Å²) in [6.07, 6.45) is 3.00. The lowest BCUT2D eigenvalue weighted by atomic mass is 10.1. The van der Waals surface area contributed by atoms with Gasteiger partial charge in [-0.2, -0.15) is 16.6 Å². The minimum atomic E-state index is -0.149. The van der Waals surface area contributed by atoms with Crippen molar-refractivity contribution in [3.8, 4) is 6.07 Å². The molecule has 0 saturated carbocycles. The van der Waals surface area contributed by atoms with Crippen LogP contribution in [0, 0.1) is 11.3 Å². The van der Waals surface area contributed by atoms with Gasteiger partial charge in [-0.25, -0.2) is 0 Å². The van der Waals surface area contributed by atoms with Crippen LogP contribution < -0.4 is 5.56 Å². The van der Waals surface area contributed by atoms with Gasteiger partial charge in [0, 0.05) is 5.69 Å². The first kappa shape index (κ1) is 11.2. The van der Waals surface area contributed by atoms with Gasteiger partial charge in [-0.05, 0) is 53.3 Å². The van der Waals surface area contributed by atoms with Crippen LogP contribution in [0.1, 0.15) is 28.8 Å². The highest BCUT2D eigenvalue weighted by Gasteiger charge is 2.19. The van der Waals surface area contributed by atoms with E-state index in [2.05, 4.69) is 0 Å². The maximum absolute atomic E-state index is 12.2. The highest BCUT2D eigenvalue weighted by atomic mass is 32.1. The predicted molar refractivity (Wildman–Crippen MR) is 70.9 cm³/mol. The standard InChI is InChI=1S/C14H12N2OS/c15-7-12-6-11-2-1-3-13(11)16(14(12)17)8-10-4-5-18-9-10/h4-6,9H,1-3,8H2. The lowest BCUT2D eigenvalue weighted by Gasteiger charge is -2.11. The molecule has 2 aromatic heterocycles. The highest BCUT2D eigenvalue weighted by molar-refractivity contribution is 7.07. The van der Waals surface area contributed by atoms with Crippen LogP contribution in [0.4, 0.5) is 0 Å². The van der Waals surface area contributed by atoms with Crippen LogP contribution in [0.5, 0.6) is 0 Å². The number of thiophene rings is 1. The van der Waals surface area contributed by atoms with E-state index < -0.39 is 0 Å². The fraction of sp³-hybridized carbons (Fsp3) is 0.286. The van der Waals surface area contributed by atoms with Crippen molar-refractivity contribution in [3.63, 3.8) is 0 Å². The van der Waals surface area contributed by atoms with Crippen LogP contribution in [-0.2, 0) is 19.4 Å². The molecular weight excluding hydrogens is 244 g/mol. The molecule has 1 aliphatic rings. The number of nitrogens with zero attached hydrogens (tertiary/aromatic N) is 2. The van der Waals surface area contributed by atoms with Crippen LogP contribution in [0.25, 0.3) is 0 Å². The Hall–Kier alpha value is -1.86. The molecule has 0 aliphatic heterocycles. The molecule has 3 nitrogen and oxygen atoms in total. The van der Waals surface area contributed by atoms with E-state index in [1.54, 1.807) is 22.0 Å². The van der Waals surface area contributed by atoms with Gasteiger partial charge in [0.2, 0.25) is 0 Å². The first-order valence-corrected chi connectivity index (χ1v) is 6.90. The molecular formula is C14H12N2OS. The number of aromatic nitrogens is 1. The Labute approximate surface area is 109 Å². The number of hydrogen-bond donors (Lipinski definition) is 0. The second-order valence-corrected chi connectivity index (χ2v) is 5.30. The van der Waals surface area contributed by atoms with Crippen molar-refractivity contribution >= 4 is 11.3 Å². The molecule has 0 amide bonds. The molecule has 4 heteroatoms. The van der Waals surface area contributed by atoms with Crippen molar-refractivity contribution in [2.75, 3.05) is 0 Å². The summed E-state index contributed by atoms with van der Waals surface area (Å²) in [4.78, 5) is 12.2. The van der Waals surface area contributed by atoms with E-state index in [1.165, 1.54) is 5.56 Å². The van der Waals surface area contributed by atoms with Gasteiger partial charge >= 0.3 is 0 Å². The first-order chi connectivity index (χ1) is 8.79. The molecule has 0 unspecified atom stereocenters. The molecule has 0 fully saturated rings. The number of aryl methyl sites for hydroxylation is 1. The zero-order chi connectivity index (χ0) is 12.5. The molecule has 18 heavy (non-hydrogen) atoms. The van der Waals surface area contributed by atoms with Gasteiger partial charge < -0.3 is 4.57 Å². The average Bonchev–Trinajstić information content (AvgIpc) is 3.03. The van der Waals surface area contributed by atoms with Crippen LogP contribution in [0.15, 0.2) is 27.7 Å². The Kier molecular flexibility index (Phi) is 2.77. The minimum Gasteiger partial charge on any atom is -0.307 e. The molecule has 2 heterocycles. The summed E-state index contributed by atoms with van der Waals surface area (Å²) in [5.41, 5.74) is 3.54. The molecule has 0 radical (unpaired) electrons. The lowest BCUT2D eigenvalue weighted by Crippen LogP contribution is -2.26. The summed E-state index contributed by atoms with van der Waals surface area (Å²) in [6, 6.07) is 5.81. The third-order valence-electron chi connectivity index (χ3n) is 3.39. The summed E-state index contributed by atoms with van der Waals surface area (Å²) in [6.45, 7) is 0.584. The molecule has 0 saturated heterocycles. The Morgan fingerprint density at radius 1 is 1.44 bits per heavy atom. The number of nitriles is 1. The molecule has 0 aromatic carbocycles. The van der Waals surface area contributed by atoms with Crippen LogP contribution in [0.3, 0.4) is 0 Å². The van der Waals surface area contributed by atoms with Crippen molar-refractivity contribution in [2.45, 2.75) is 25.8 Å². The largest absolute Gasteiger partial charge is 0.307 e. The lowest BCUT2D eigenvalue weighted by molar-refractivity contribution is 0.707. The molecule has 3 rings (SSSR count). The van der Waals surface area contributed by atoms with E-state index in [-0.39, 0.29) is 11.1 Å². The molecule has 90 valence electrons. The normalized spacial score (nSPS) is 13.3. The first-order valence-electron chi connectivity index (χ1n) is 5.96. The molecule has 0 N–H and O–H groups in total. The average molecular weight is 256 g/mol. The predicted octanol–water partition coefficient (Wildman–Crippen LogP) is 2.32. The number of pyridine rings is 1. The third-order valence-corrected chi connectivity index (χ3v) is 4.12. The Morgan fingerprint density at radius 3 is 3.06 bits per heavy atom. The summed E-state index contributed by atoms with van der Waals surface area (Å²) < 4.78 is 1.78. The topological polar surface area (TPSA) is 45.8 Å². The smallest absolute Gasteiger partial charge is 0.268 e. The van der Waals surface area contributed by atoms with Gasteiger partial charge in [0.1, 0.15) is 11.6 Å². The van der Waals surface area contributed by atoms with Crippen molar-refractivity contribution in [3.05, 3.63) is 55.6 Å². The Bertz CT molecular complexity index is 677. The van der Waals surface area contributed by atoms with Crippen molar-refractivity contribution in [2.24, 2.45) is 0 Å². The van der Waals surface area contributed by atoms with E-state index in [1.807, 2.05) is 22.9 Å². The van der Waals surface area contributed by atoms with Crippen LogP contribution in [-0.4, -0.2) is 4.57 Å². The van der Waals surface area contributed by atoms with Gasteiger partial charge in [-0.15, -0.1) is 0 Å².